The van der Waals surface area contributed by atoms with Crippen molar-refractivity contribution < 1.29 is 9.59 Å². The van der Waals surface area contributed by atoms with Crippen molar-refractivity contribution in [1.29, 1.82) is 0 Å². The van der Waals surface area contributed by atoms with Gasteiger partial charge >= 0.3 is 0 Å². The van der Waals surface area contributed by atoms with Crippen LogP contribution in [-0.4, -0.2) is 17.1 Å². The molecule has 1 heterocycles. The van der Waals surface area contributed by atoms with Gasteiger partial charge in [0.25, 0.3) is 0 Å². The Hall–Kier alpha value is -2.27. The Morgan fingerprint density at radius 1 is 1.26 bits per heavy atom. The van der Waals surface area contributed by atoms with E-state index in [4.69, 9.17) is 0 Å². The summed E-state index contributed by atoms with van der Waals surface area (Å²) in [6.07, 6.45) is 0.275. The Labute approximate surface area is 139 Å². The summed E-state index contributed by atoms with van der Waals surface area (Å²) in [4.78, 5) is 25.0. The summed E-state index contributed by atoms with van der Waals surface area (Å²) in [6, 6.07) is 13.5. The Kier molecular flexibility index (Phi) is 4.39. The summed E-state index contributed by atoms with van der Waals surface area (Å²) in [6.45, 7) is 3.87. The Bertz CT molecular complexity index is 773. The van der Waals surface area contributed by atoms with Crippen molar-refractivity contribution in [2.24, 2.45) is 0 Å². The number of thioether (sulfide) groups is 1. The lowest BCUT2D eigenvalue weighted by Crippen LogP contribution is -2.26. The number of carbonyl (C=O) groups excluding carboxylic acids is 2. The van der Waals surface area contributed by atoms with Crippen LogP contribution in [0.15, 0.2) is 47.4 Å². The molecule has 1 aliphatic heterocycles. The topological polar surface area (TPSA) is 58.2 Å². The van der Waals surface area contributed by atoms with E-state index in [0.717, 1.165) is 27.4 Å². The summed E-state index contributed by atoms with van der Waals surface area (Å²) in [5, 5.41) is 5.70. The molecule has 0 saturated carbocycles. The zero-order chi connectivity index (χ0) is 16.4. The molecule has 1 atom stereocenters. The second kappa shape index (κ2) is 6.46. The maximum absolute atomic E-state index is 12.2. The van der Waals surface area contributed by atoms with Crippen molar-refractivity contribution in [2.75, 3.05) is 10.6 Å². The van der Waals surface area contributed by atoms with Crippen molar-refractivity contribution in [3.63, 3.8) is 0 Å². The summed E-state index contributed by atoms with van der Waals surface area (Å²) in [7, 11) is 0. The molecule has 2 N–H and O–H groups in total. The molecule has 0 fully saturated rings. The van der Waals surface area contributed by atoms with Gasteiger partial charge in [-0.3, -0.25) is 9.59 Å². The molecule has 2 amide bonds. The molecule has 0 bridgehead atoms. The molecule has 4 nitrogen and oxygen atoms in total. The molecule has 1 unspecified atom stereocenters. The minimum Gasteiger partial charge on any atom is -0.326 e. The highest BCUT2D eigenvalue weighted by Gasteiger charge is 2.23. The highest BCUT2D eigenvalue weighted by Crippen LogP contribution is 2.36. The van der Waals surface area contributed by atoms with E-state index < -0.39 is 0 Å². The molecule has 0 saturated heterocycles. The van der Waals surface area contributed by atoms with Gasteiger partial charge in [-0.2, -0.15) is 0 Å². The average molecular weight is 326 g/mol. The molecule has 5 heteroatoms. The lowest BCUT2D eigenvalue weighted by molar-refractivity contribution is -0.116. The van der Waals surface area contributed by atoms with E-state index in [9.17, 15) is 9.59 Å². The van der Waals surface area contributed by atoms with E-state index >= 15 is 0 Å². The van der Waals surface area contributed by atoms with E-state index in [0.29, 0.717) is 0 Å². The summed E-state index contributed by atoms with van der Waals surface area (Å²) >= 11 is 1.54. The van der Waals surface area contributed by atoms with Crippen molar-refractivity contribution in [3.05, 3.63) is 53.6 Å². The predicted molar refractivity (Wildman–Crippen MR) is 93.9 cm³/mol. The largest absolute Gasteiger partial charge is 0.326 e. The van der Waals surface area contributed by atoms with Crippen LogP contribution in [0.25, 0.3) is 0 Å². The fourth-order valence-electron chi connectivity index (χ4n) is 2.48. The van der Waals surface area contributed by atoms with Crippen LogP contribution < -0.4 is 10.6 Å². The van der Waals surface area contributed by atoms with Crippen LogP contribution in [0.3, 0.4) is 0 Å². The Balaban J connectivity index is 1.70. The van der Waals surface area contributed by atoms with Gasteiger partial charge in [-0.15, -0.1) is 11.8 Å². The van der Waals surface area contributed by atoms with E-state index in [2.05, 4.69) is 10.6 Å². The molecule has 1 aliphatic rings. The number of nitrogens with one attached hydrogen (secondary N) is 2. The number of benzene rings is 2. The molecule has 0 aromatic heterocycles. The quantitative estimate of drug-likeness (QED) is 0.906. The fraction of sp³-hybridized carbons (Fsp3) is 0.222. The molecule has 23 heavy (non-hydrogen) atoms. The monoisotopic (exact) mass is 326 g/mol. The highest BCUT2D eigenvalue weighted by atomic mass is 32.2. The van der Waals surface area contributed by atoms with E-state index in [1.54, 1.807) is 0 Å². The van der Waals surface area contributed by atoms with Gasteiger partial charge in [0.05, 0.1) is 17.4 Å². The third-order valence-corrected chi connectivity index (χ3v) is 4.82. The van der Waals surface area contributed by atoms with Crippen molar-refractivity contribution >= 4 is 35.0 Å². The second-order valence-electron chi connectivity index (χ2n) is 5.67. The maximum atomic E-state index is 12.2. The number of hydrogen-bond acceptors (Lipinski definition) is 3. The van der Waals surface area contributed by atoms with Crippen LogP contribution in [0.1, 0.15) is 18.1 Å². The molecule has 0 spiro atoms. The van der Waals surface area contributed by atoms with Crippen LogP contribution in [0.4, 0.5) is 11.4 Å². The van der Waals surface area contributed by atoms with Gasteiger partial charge in [0.15, 0.2) is 0 Å². The smallest absolute Gasteiger partial charge is 0.237 e. The van der Waals surface area contributed by atoms with Crippen LogP contribution in [0, 0.1) is 6.92 Å². The minimum absolute atomic E-state index is 0.00358. The number of anilines is 2. The van der Waals surface area contributed by atoms with Crippen molar-refractivity contribution in [2.45, 2.75) is 30.4 Å². The first-order valence-electron chi connectivity index (χ1n) is 7.48. The highest BCUT2D eigenvalue weighted by molar-refractivity contribution is 8.00. The Morgan fingerprint density at radius 2 is 2.09 bits per heavy atom. The second-order valence-corrected chi connectivity index (χ2v) is 7.06. The molecule has 2 aromatic carbocycles. The van der Waals surface area contributed by atoms with Gasteiger partial charge in [0.2, 0.25) is 11.8 Å². The SMILES string of the molecule is Cc1cccc(NC(=O)Cc2ccc3c(c2)NC(=O)C(C)S3)c1. The van der Waals surface area contributed by atoms with Gasteiger partial charge in [-0.1, -0.05) is 18.2 Å². The molecule has 2 aromatic rings. The first-order chi connectivity index (χ1) is 11.0. The number of fused-ring (bicyclic) bond motifs is 1. The van der Waals surface area contributed by atoms with Crippen molar-refractivity contribution in [1.82, 2.24) is 0 Å². The number of carbonyl (C=O) groups is 2. The molecule has 118 valence electrons. The molecular formula is C18H18N2O2S. The average Bonchev–Trinajstić information content (AvgIpc) is 2.48. The lowest BCUT2D eigenvalue weighted by Gasteiger charge is -2.21. The number of hydrogen-bond donors (Lipinski definition) is 2. The Morgan fingerprint density at radius 3 is 2.87 bits per heavy atom. The standard InChI is InChI=1S/C18H18N2O2S/c1-11-4-3-5-14(8-11)19-17(21)10-13-6-7-16-15(9-13)20-18(22)12(2)23-16/h3-9,12H,10H2,1-2H3,(H,19,21)(H,20,22). The first kappa shape index (κ1) is 15.6. The lowest BCUT2D eigenvalue weighted by atomic mass is 10.1. The summed E-state index contributed by atoms with van der Waals surface area (Å²) < 4.78 is 0. The third kappa shape index (κ3) is 3.74. The zero-order valence-corrected chi connectivity index (χ0v) is 13.9. The molecular weight excluding hydrogens is 308 g/mol. The summed E-state index contributed by atoms with van der Waals surface area (Å²) in [5.41, 5.74) is 3.57. The third-order valence-electron chi connectivity index (χ3n) is 3.64. The molecule has 0 aliphatic carbocycles. The number of aryl methyl sites for hydroxylation is 1. The van der Waals surface area contributed by atoms with Crippen molar-refractivity contribution in [3.8, 4) is 0 Å². The molecule has 3 rings (SSSR count). The van der Waals surface area contributed by atoms with E-state index in [-0.39, 0.29) is 23.5 Å². The van der Waals surface area contributed by atoms with Gasteiger partial charge < -0.3 is 10.6 Å². The van der Waals surface area contributed by atoms with Gasteiger partial charge in [-0.25, -0.2) is 0 Å². The zero-order valence-electron chi connectivity index (χ0n) is 13.1. The minimum atomic E-state index is -0.0852. The van der Waals surface area contributed by atoms with Crippen LogP contribution in [0.5, 0.6) is 0 Å². The van der Waals surface area contributed by atoms with Crippen LogP contribution in [-0.2, 0) is 16.0 Å². The fourth-order valence-corrected chi connectivity index (χ4v) is 3.41. The molecule has 0 radical (unpaired) electrons. The normalized spacial score (nSPS) is 16.4. The van der Waals surface area contributed by atoms with E-state index in [1.165, 1.54) is 11.8 Å². The number of rotatable bonds is 3. The maximum Gasteiger partial charge on any atom is 0.237 e. The summed E-state index contributed by atoms with van der Waals surface area (Å²) in [5.74, 6) is -0.0671. The van der Waals surface area contributed by atoms with Gasteiger partial charge in [-0.05, 0) is 49.2 Å². The predicted octanol–water partition coefficient (Wildman–Crippen LogP) is 3.61. The van der Waals surface area contributed by atoms with E-state index in [1.807, 2.05) is 56.3 Å². The first-order valence-corrected chi connectivity index (χ1v) is 8.36. The number of amides is 2. The van der Waals surface area contributed by atoms with Gasteiger partial charge in [0, 0.05) is 10.6 Å². The van der Waals surface area contributed by atoms with Crippen LogP contribution >= 0.6 is 11.8 Å². The van der Waals surface area contributed by atoms with Gasteiger partial charge in [0.1, 0.15) is 0 Å². The van der Waals surface area contributed by atoms with Crippen LogP contribution in [0.2, 0.25) is 0 Å².